The number of carboxylic acids is 1. The van der Waals surface area contributed by atoms with Crippen LogP contribution in [0, 0.1) is 5.92 Å². The molecule has 6 heteroatoms. The summed E-state index contributed by atoms with van der Waals surface area (Å²) in [7, 11) is 0. The zero-order valence-corrected chi connectivity index (χ0v) is 12.6. The van der Waals surface area contributed by atoms with E-state index in [1.54, 1.807) is 0 Å². The van der Waals surface area contributed by atoms with Gasteiger partial charge >= 0.3 is 12.0 Å². The number of urea groups is 1. The molecule has 3 fully saturated rings. The summed E-state index contributed by atoms with van der Waals surface area (Å²) in [4.78, 5) is 25.4. The minimum atomic E-state index is -0.755. The normalized spacial score (nSPS) is 33.9. The number of carbonyl (C=O) groups is 2. The van der Waals surface area contributed by atoms with Crippen molar-refractivity contribution >= 4 is 23.8 Å². The molecular weight excluding hydrogens is 276 g/mol. The van der Waals surface area contributed by atoms with Gasteiger partial charge in [-0.2, -0.15) is 11.8 Å². The first-order valence-electron chi connectivity index (χ1n) is 7.40. The lowest BCUT2D eigenvalue weighted by molar-refractivity contribution is -0.142. The van der Waals surface area contributed by atoms with Crippen LogP contribution in [0.25, 0.3) is 0 Å². The van der Waals surface area contributed by atoms with Gasteiger partial charge in [0, 0.05) is 23.4 Å². The zero-order valence-electron chi connectivity index (χ0n) is 11.8. The molecule has 3 atom stereocenters. The molecule has 2 amide bonds. The maximum Gasteiger partial charge on any atom is 0.317 e. The molecule has 2 aliphatic heterocycles. The molecule has 3 aliphatic rings. The van der Waals surface area contributed by atoms with Crippen LogP contribution >= 0.6 is 11.8 Å². The van der Waals surface area contributed by atoms with Gasteiger partial charge < -0.3 is 15.3 Å². The summed E-state index contributed by atoms with van der Waals surface area (Å²) in [6, 6.07) is -0.0154. The van der Waals surface area contributed by atoms with Gasteiger partial charge in [-0.15, -0.1) is 0 Å². The van der Waals surface area contributed by atoms with Gasteiger partial charge in [0.25, 0.3) is 0 Å². The van der Waals surface area contributed by atoms with Gasteiger partial charge in [0.1, 0.15) is 0 Å². The van der Waals surface area contributed by atoms with Crippen molar-refractivity contribution in [3.05, 3.63) is 0 Å². The highest BCUT2D eigenvalue weighted by Gasteiger charge is 2.51. The van der Waals surface area contributed by atoms with E-state index < -0.39 is 5.97 Å². The van der Waals surface area contributed by atoms with Crippen molar-refractivity contribution in [2.24, 2.45) is 5.92 Å². The van der Waals surface area contributed by atoms with Gasteiger partial charge in [0.15, 0.2) is 0 Å². The Morgan fingerprint density at radius 1 is 1.40 bits per heavy atom. The van der Waals surface area contributed by atoms with E-state index in [4.69, 9.17) is 0 Å². The molecule has 0 aromatic rings. The van der Waals surface area contributed by atoms with Crippen molar-refractivity contribution in [2.75, 3.05) is 12.8 Å². The molecule has 0 spiro atoms. The number of fused-ring (bicyclic) bond motifs is 2. The molecule has 2 N–H and O–H groups in total. The lowest BCUT2D eigenvalue weighted by atomic mass is 9.84. The number of amides is 2. The van der Waals surface area contributed by atoms with Crippen LogP contribution in [0.2, 0.25) is 0 Å². The number of rotatable bonds is 4. The van der Waals surface area contributed by atoms with E-state index in [1.807, 2.05) is 16.7 Å². The van der Waals surface area contributed by atoms with Crippen LogP contribution in [-0.4, -0.2) is 51.6 Å². The quantitative estimate of drug-likeness (QED) is 0.832. The van der Waals surface area contributed by atoms with Crippen LogP contribution < -0.4 is 5.32 Å². The van der Waals surface area contributed by atoms with Gasteiger partial charge in [0.2, 0.25) is 0 Å². The smallest absolute Gasteiger partial charge is 0.317 e. The number of hydrogen-bond donors (Lipinski definition) is 2. The Kier molecular flexibility index (Phi) is 3.60. The average molecular weight is 298 g/mol. The van der Waals surface area contributed by atoms with Gasteiger partial charge in [-0.25, -0.2) is 4.79 Å². The third-order valence-electron chi connectivity index (χ3n) is 5.35. The van der Waals surface area contributed by atoms with Crippen LogP contribution in [0.5, 0.6) is 0 Å². The molecule has 2 saturated heterocycles. The molecule has 0 aromatic carbocycles. The lowest BCUT2D eigenvalue weighted by Crippen LogP contribution is -2.50. The highest BCUT2D eigenvalue weighted by Crippen LogP contribution is 2.43. The predicted molar refractivity (Wildman–Crippen MR) is 77.9 cm³/mol. The van der Waals surface area contributed by atoms with E-state index in [2.05, 4.69) is 11.6 Å². The second-order valence-electron chi connectivity index (χ2n) is 6.29. The van der Waals surface area contributed by atoms with Crippen molar-refractivity contribution in [3.63, 3.8) is 0 Å². The number of carboxylic acid groups (broad SMARTS) is 1. The van der Waals surface area contributed by atoms with Crippen LogP contribution in [0.15, 0.2) is 0 Å². The number of nitrogens with zero attached hydrogens (tertiary/aromatic N) is 1. The van der Waals surface area contributed by atoms with Gasteiger partial charge in [-0.3, -0.25) is 4.79 Å². The maximum atomic E-state index is 12.4. The molecule has 5 nitrogen and oxygen atoms in total. The van der Waals surface area contributed by atoms with Crippen molar-refractivity contribution < 1.29 is 14.7 Å². The number of hydrogen-bond acceptors (Lipinski definition) is 3. The Hall–Kier alpha value is -0.910. The fourth-order valence-electron chi connectivity index (χ4n) is 3.92. The van der Waals surface area contributed by atoms with E-state index in [1.165, 1.54) is 19.3 Å². The van der Waals surface area contributed by atoms with E-state index >= 15 is 0 Å². The first-order valence-corrected chi connectivity index (χ1v) is 8.63. The number of aliphatic carboxylic acids is 1. The predicted octanol–water partition coefficient (Wildman–Crippen LogP) is 1.92. The van der Waals surface area contributed by atoms with Crippen LogP contribution in [0.3, 0.4) is 0 Å². The fraction of sp³-hybridized carbons (Fsp3) is 0.857. The zero-order chi connectivity index (χ0) is 14.3. The second-order valence-corrected chi connectivity index (χ2v) is 7.56. The topological polar surface area (TPSA) is 69.6 Å². The number of carbonyl (C=O) groups excluding carboxylic acids is 1. The molecule has 20 heavy (non-hydrogen) atoms. The first-order chi connectivity index (χ1) is 9.56. The van der Waals surface area contributed by atoms with Gasteiger partial charge in [-0.05, 0) is 38.4 Å². The van der Waals surface area contributed by atoms with Crippen molar-refractivity contribution in [1.82, 2.24) is 10.2 Å². The summed E-state index contributed by atoms with van der Waals surface area (Å²) in [5, 5.41) is 12.3. The Bertz CT molecular complexity index is 419. The van der Waals surface area contributed by atoms with Crippen molar-refractivity contribution in [2.45, 2.75) is 55.4 Å². The van der Waals surface area contributed by atoms with Crippen molar-refractivity contribution in [1.29, 1.82) is 0 Å². The molecule has 1 saturated carbocycles. The maximum absolute atomic E-state index is 12.4. The molecule has 0 aromatic heterocycles. The molecule has 2 bridgehead atoms. The monoisotopic (exact) mass is 298 g/mol. The fourth-order valence-corrected chi connectivity index (χ4v) is 4.84. The molecule has 3 rings (SSSR count). The van der Waals surface area contributed by atoms with E-state index in [0.29, 0.717) is 13.0 Å². The van der Waals surface area contributed by atoms with Gasteiger partial charge in [0.05, 0.1) is 5.92 Å². The summed E-state index contributed by atoms with van der Waals surface area (Å²) in [6.45, 7) is 0.709. The molecule has 112 valence electrons. The van der Waals surface area contributed by atoms with Gasteiger partial charge in [-0.1, -0.05) is 6.42 Å². The third kappa shape index (κ3) is 2.18. The molecular formula is C14H22N2O3S. The Morgan fingerprint density at radius 2 is 2.15 bits per heavy atom. The highest BCUT2D eigenvalue weighted by molar-refractivity contribution is 8.00. The average Bonchev–Trinajstić information content (AvgIpc) is 2.95. The number of nitrogens with one attached hydrogen (secondary N) is 1. The minimum Gasteiger partial charge on any atom is -0.481 e. The molecule has 1 aliphatic carbocycles. The Morgan fingerprint density at radius 3 is 2.65 bits per heavy atom. The highest BCUT2D eigenvalue weighted by atomic mass is 32.2. The summed E-state index contributed by atoms with van der Waals surface area (Å²) >= 11 is 1.84. The molecule has 0 radical (unpaired) electrons. The largest absolute Gasteiger partial charge is 0.481 e. The second kappa shape index (κ2) is 5.13. The first kappa shape index (κ1) is 14.0. The molecule has 2 heterocycles. The van der Waals surface area contributed by atoms with E-state index in [-0.39, 0.29) is 28.8 Å². The third-order valence-corrected chi connectivity index (χ3v) is 6.77. The number of thioether (sulfide) groups is 1. The van der Waals surface area contributed by atoms with Crippen LogP contribution in [0.1, 0.15) is 38.5 Å². The standard InChI is InChI=1S/C14H22N2O3S/c1-20-14(5-2-6-14)8-15-13(19)16-9-3-4-11(16)10(7-9)12(17)18/h9-11H,2-8H2,1H3,(H,15,19)(H,17,18). The van der Waals surface area contributed by atoms with E-state index in [9.17, 15) is 14.7 Å². The van der Waals surface area contributed by atoms with Crippen LogP contribution in [-0.2, 0) is 4.79 Å². The lowest BCUT2D eigenvalue weighted by Gasteiger charge is -2.41. The minimum absolute atomic E-state index is 0.0541. The van der Waals surface area contributed by atoms with Crippen LogP contribution in [0.4, 0.5) is 4.79 Å². The summed E-state index contributed by atoms with van der Waals surface area (Å²) < 4.78 is 0.223. The van der Waals surface area contributed by atoms with E-state index in [0.717, 1.165) is 12.8 Å². The Labute approximate surface area is 123 Å². The summed E-state index contributed by atoms with van der Waals surface area (Å²) in [5.41, 5.74) is 0. The molecule has 3 unspecified atom stereocenters. The SMILES string of the molecule is CSC1(CNC(=O)N2C3CCC2C(C(=O)O)C3)CCC1. The summed E-state index contributed by atoms with van der Waals surface area (Å²) in [5.74, 6) is -1.12. The Balaban J connectivity index is 1.59. The summed E-state index contributed by atoms with van der Waals surface area (Å²) in [6.07, 6.45) is 8.09. The van der Waals surface area contributed by atoms with Crippen molar-refractivity contribution in [3.8, 4) is 0 Å².